The van der Waals surface area contributed by atoms with E-state index in [4.69, 9.17) is 5.10 Å². The molecule has 1 aliphatic carbocycles. The molecule has 1 saturated carbocycles. The molecule has 2 unspecified atom stereocenters. The number of rotatable bonds is 5. The van der Waals surface area contributed by atoms with E-state index in [2.05, 4.69) is 30.3 Å². The predicted molar refractivity (Wildman–Crippen MR) is 132 cm³/mol. The maximum absolute atomic E-state index is 14.1. The lowest BCUT2D eigenvalue weighted by molar-refractivity contribution is 0.236. The largest absolute Gasteiger partial charge is 0.349 e. The molecule has 0 amide bonds. The molecule has 0 bridgehead atoms. The number of fused-ring (bicyclic) bond motifs is 1. The molecule has 1 aliphatic heterocycles. The first-order chi connectivity index (χ1) is 15.0. The Bertz CT molecular complexity index is 1080. The fraction of sp³-hybridized carbons (Fsp3) is 0.500. The molecule has 1 saturated heterocycles. The van der Waals surface area contributed by atoms with Crippen molar-refractivity contribution in [2.75, 3.05) is 17.8 Å². The zero-order valence-corrected chi connectivity index (χ0v) is 21.1. The summed E-state index contributed by atoms with van der Waals surface area (Å²) < 4.78 is 31.1. The highest BCUT2D eigenvalue weighted by Gasteiger charge is 2.53. The van der Waals surface area contributed by atoms with Gasteiger partial charge in [0.1, 0.15) is 10.4 Å². The standard InChI is InChI=1S/C21H24FN3OS3.CH3Cl/c1-14(2)27-18-7-8-19(28-18)29(26)25-17-6-4-3-5-16(17)20(23-25)24-12-9-15(22)13-21(24)10-11-21;1-2/h3-8,14-15H,9-13H2,1-2H3;1H3. The Labute approximate surface area is 198 Å². The van der Waals surface area contributed by atoms with Gasteiger partial charge in [0.15, 0.2) is 16.8 Å². The molecule has 168 valence electrons. The number of thioether (sulfide) groups is 1. The van der Waals surface area contributed by atoms with E-state index in [0.29, 0.717) is 24.6 Å². The highest BCUT2D eigenvalue weighted by molar-refractivity contribution is 8.02. The van der Waals surface area contributed by atoms with Crippen molar-refractivity contribution in [3.63, 3.8) is 0 Å². The van der Waals surface area contributed by atoms with Crippen LogP contribution in [0.2, 0.25) is 0 Å². The Morgan fingerprint density at radius 2 is 2.00 bits per heavy atom. The Balaban J connectivity index is 0.00000112. The first-order valence-electron chi connectivity index (χ1n) is 10.4. The molecule has 1 spiro atoms. The maximum atomic E-state index is 14.1. The number of thiophene rings is 1. The minimum absolute atomic E-state index is 0.0921. The second-order valence-electron chi connectivity index (χ2n) is 8.17. The van der Waals surface area contributed by atoms with Crippen LogP contribution < -0.4 is 4.90 Å². The van der Waals surface area contributed by atoms with E-state index in [0.717, 1.165) is 33.8 Å². The number of anilines is 1. The third-order valence-corrected chi connectivity index (χ3v) is 9.50. The van der Waals surface area contributed by atoms with Gasteiger partial charge in [-0.1, -0.05) is 26.0 Å². The summed E-state index contributed by atoms with van der Waals surface area (Å²) in [4.78, 5) is 2.29. The van der Waals surface area contributed by atoms with Crippen molar-refractivity contribution in [2.24, 2.45) is 0 Å². The van der Waals surface area contributed by atoms with E-state index in [-0.39, 0.29) is 5.54 Å². The van der Waals surface area contributed by atoms with Gasteiger partial charge in [-0.25, -0.2) is 8.60 Å². The van der Waals surface area contributed by atoms with Crippen molar-refractivity contribution in [2.45, 2.75) is 64.9 Å². The Morgan fingerprint density at radius 3 is 2.71 bits per heavy atom. The average molecular weight is 500 g/mol. The molecule has 2 atom stereocenters. The van der Waals surface area contributed by atoms with Crippen LogP contribution in [0.15, 0.2) is 44.8 Å². The smallest absolute Gasteiger partial charge is 0.184 e. The van der Waals surface area contributed by atoms with Gasteiger partial charge in [-0.15, -0.1) is 39.8 Å². The van der Waals surface area contributed by atoms with Crippen molar-refractivity contribution in [3.05, 3.63) is 36.4 Å². The summed E-state index contributed by atoms with van der Waals surface area (Å²) >= 11 is 7.99. The number of benzene rings is 1. The minimum Gasteiger partial charge on any atom is -0.349 e. The third kappa shape index (κ3) is 4.54. The van der Waals surface area contributed by atoms with Crippen molar-refractivity contribution in [1.29, 1.82) is 0 Å². The van der Waals surface area contributed by atoms with Crippen LogP contribution in [-0.2, 0) is 11.0 Å². The Hall–Kier alpha value is -1.09. The van der Waals surface area contributed by atoms with Crippen LogP contribution in [0.5, 0.6) is 0 Å². The monoisotopic (exact) mass is 499 g/mol. The third-order valence-electron chi connectivity index (χ3n) is 5.70. The molecule has 2 fully saturated rings. The number of nitrogens with zero attached hydrogens (tertiary/aromatic N) is 3. The lowest BCUT2D eigenvalue weighted by atomic mass is 9.98. The molecule has 3 heterocycles. The number of piperidine rings is 1. The van der Waals surface area contributed by atoms with Crippen molar-refractivity contribution < 1.29 is 8.60 Å². The van der Waals surface area contributed by atoms with E-state index in [1.807, 2.05) is 36.4 Å². The molecule has 0 radical (unpaired) electrons. The first kappa shape index (κ1) is 23.1. The summed E-state index contributed by atoms with van der Waals surface area (Å²) in [5.74, 6) is 0.853. The average Bonchev–Trinajstić information content (AvgIpc) is 3.20. The summed E-state index contributed by atoms with van der Waals surface area (Å²) in [6, 6.07) is 11.9. The van der Waals surface area contributed by atoms with E-state index in [1.54, 1.807) is 27.2 Å². The number of halogens is 2. The normalized spacial score (nSPS) is 20.7. The minimum atomic E-state index is -1.40. The molecule has 3 aromatic rings. The SMILES string of the molecule is CC(C)Sc1ccc(S(=O)n2nc(N3CCC(F)CC34CC4)c3ccccc32)s1.CCl. The van der Waals surface area contributed by atoms with Crippen LogP contribution >= 0.6 is 34.7 Å². The van der Waals surface area contributed by atoms with Crippen LogP contribution in [0.1, 0.15) is 39.5 Å². The molecular formula is C22H27ClFN3OS3. The quantitative estimate of drug-likeness (QED) is 0.297. The summed E-state index contributed by atoms with van der Waals surface area (Å²) in [6.07, 6.45) is 3.89. The van der Waals surface area contributed by atoms with E-state index in [1.165, 1.54) is 10.6 Å². The molecular weight excluding hydrogens is 473 g/mol. The van der Waals surface area contributed by atoms with E-state index in [9.17, 15) is 8.60 Å². The lowest BCUT2D eigenvalue weighted by Crippen LogP contribution is -2.45. The number of hydrogen-bond donors (Lipinski definition) is 0. The molecule has 0 N–H and O–H groups in total. The van der Waals surface area contributed by atoms with Gasteiger partial charge in [0, 0.05) is 35.5 Å². The first-order valence-corrected chi connectivity index (χ1v) is 14.0. The molecule has 31 heavy (non-hydrogen) atoms. The summed E-state index contributed by atoms with van der Waals surface area (Å²) in [5.41, 5.74) is 0.774. The zero-order chi connectivity index (χ0) is 22.2. The van der Waals surface area contributed by atoms with Crippen LogP contribution in [0.4, 0.5) is 10.2 Å². The number of alkyl halides is 2. The van der Waals surface area contributed by atoms with Crippen molar-refractivity contribution >= 4 is 62.4 Å². The van der Waals surface area contributed by atoms with Crippen LogP contribution in [0.25, 0.3) is 10.9 Å². The lowest BCUT2D eigenvalue weighted by Gasteiger charge is -2.38. The number of hydrogen-bond acceptors (Lipinski definition) is 5. The van der Waals surface area contributed by atoms with Gasteiger partial charge < -0.3 is 4.90 Å². The highest BCUT2D eigenvalue weighted by atomic mass is 35.5. The molecule has 2 aliphatic rings. The van der Waals surface area contributed by atoms with E-state index < -0.39 is 17.2 Å². The Kier molecular flexibility index (Phi) is 7.01. The summed E-state index contributed by atoms with van der Waals surface area (Å²) in [6.45, 7) is 4.98. The van der Waals surface area contributed by atoms with Crippen LogP contribution in [-0.4, -0.2) is 43.3 Å². The van der Waals surface area contributed by atoms with Crippen molar-refractivity contribution in [1.82, 2.24) is 9.19 Å². The molecule has 9 heteroatoms. The second kappa shape index (κ2) is 9.41. The maximum Gasteiger partial charge on any atom is 0.184 e. The number of para-hydroxylation sites is 1. The fourth-order valence-electron chi connectivity index (χ4n) is 4.21. The van der Waals surface area contributed by atoms with Gasteiger partial charge in [0.25, 0.3) is 0 Å². The van der Waals surface area contributed by atoms with E-state index >= 15 is 0 Å². The van der Waals surface area contributed by atoms with Crippen LogP contribution in [0, 0.1) is 0 Å². The summed E-state index contributed by atoms with van der Waals surface area (Å²) in [5, 5.41) is 6.32. The highest BCUT2D eigenvalue weighted by Crippen LogP contribution is 2.51. The zero-order valence-electron chi connectivity index (χ0n) is 17.9. The second-order valence-corrected chi connectivity index (χ2v) is 12.7. The number of aromatic nitrogens is 2. The predicted octanol–water partition coefficient (Wildman–Crippen LogP) is 6.50. The molecule has 2 aromatic heterocycles. The van der Waals surface area contributed by atoms with Gasteiger partial charge in [0.2, 0.25) is 0 Å². The van der Waals surface area contributed by atoms with Crippen LogP contribution in [0.3, 0.4) is 0 Å². The molecule has 1 aromatic carbocycles. The van der Waals surface area contributed by atoms with Gasteiger partial charge in [-0.2, -0.15) is 4.09 Å². The fourth-order valence-corrected chi connectivity index (χ4v) is 8.10. The van der Waals surface area contributed by atoms with Gasteiger partial charge >= 0.3 is 0 Å². The van der Waals surface area contributed by atoms with Gasteiger partial charge in [-0.3, -0.25) is 0 Å². The van der Waals surface area contributed by atoms with Crippen molar-refractivity contribution in [3.8, 4) is 0 Å². The molecule has 5 rings (SSSR count). The Morgan fingerprint density at radius 1 is 1.26 bits per heavy atom. The van der Waals surface area contributed by atoms with Gasteiger partial charge in [0.05, 0.1) is 9.73 Å². The molecule has 4 nitrogen and oxygen atoms in total. The topological polar surface area (TPSA) is 38.1 Å². The van der Waals surface area contributed by atoms with Gasteiger partial charge in [-0.05, 0) is 43.5 Å². The summed E-state index contributed by atoms with van der Waals surface area (Å²) in [7, 11) is -1.40.